The highest BCUT2D eigenvalue weighted by molar-refractivity contribution is 6.30. The number of pyridine rings is 2. The van der Waals surface area contributed by atoms with Gasteiger partial charge in [0.1, 0.15) is 11.5 Å². The lowest BCUT2D eigenvalue weighted by Gasteiger charge is -2.07. The summed E-state index contributed by atoms with van der Waals surface area (Å²) in [6.07, 6.45) is 7.49. The Balaban J connectivity index is 1.67. The quantitative estimate of drug-likeness (QED) is 0.910. The third-order valence-electron chi connectivity index (χ3n) is 2.85. The van der Waals surface area contributed by atoms with E-state index in [9.17, 15) is 0 Å². The van der Waals surface area contributed by atoms with Crippen molar-refractivity contribution in [3.63, 3.8) is 0 Å². The second-order valence-electron chi connectivity index (χ2n) is 4.58. The number of hydrogen-bond acceptors (Lipinski definition) is 4. The van der Waals surface area contributed by atoms with E-state index < -0.39 is 0 Å². The normalized spacial score (nSPS) is 14.4. The van der Waals surface area contributed by atoms with Gasteiger partial charge in [-0.2, -0.15) is 0 Å². The molecule has 0 unspecified atom stereocenters. The SMILES string of the molecule is Clc1cncc(Oc2ccnc(CNC3CC3)c2)c1. The van der Waals surface area contributed by atoms with Gasteiger partial charge in [0.05, 0.1) is 16.9 Å². The van der Waals surface area contributed by atoms with Crippen molar-refractivity contribution in [3.05, 3.63) is 47.5 Å². The molecule has 98 valence electrons. The van der Waals surface area contributed by atoms with Crippen LogP contribution in [0.4, 0.5) is 0 Å². The summed E-state index contributed by atoms with van der Waals surface area (Å²) in [6.45, 7) is 0.773. The molecule has 0 spiro atoms. The molecule has 5 heteroatoms. The molecule has 1 N–H and O–H groups in total. The molecule has 0 radical (unpaired) electrons. The number of nitrogens with one attached hydrogen (secondary N) is 1. The fourth-order valence-corrected chi connectivity index (χ4v) is 1.90. The monoisotopic (exact) mass is 275 g/mol. The lowest BCUT2D eigenvalue weighted by Crippen LogP contribution is -2.16. The first-order valence-corrected chi connectivity index (χ1v) is 6.64. The number of rotatable bonds is 5. The molecule has 4 nitrogen and oxygen atoms in total. The highest BCUT2D eigenvalue weighted by Crippen LogP contribution is 2.23. The third-order valence-corrected chi connectivity index (χ3v) is 3.06. The van der Waals surface area contributed by atoms with Gasteiger partial charge in [-0.25, -0.2) is 0 Å². The summed E-state index contributed by atoms with van der Waals surface area (Å²) in [4.78, 5) is 8.30. The Morgan fingerprint density at radius 2 is 2.16 bits per heavy atom. The van der Waals surface area contributed by atoms with Gasteiger partial charge in [0.2, 0.25) is 0 Å². The van der Waals surface area contributed by atoms with Crippen molar-refractivity contribution in [2.75, 3.05) is 0 Å². The number of aromatic nitrogens is 2. The molecule has 19 heavy (non-hydrogen) atoms. The van der Waals surface area contributed by atoms with Crippen LogP contribution in [0.15, 0.2) is 36.8 Å². The Kier molecular flexibility index (Phi) is 3.62. The fraction of sp³-hybridized carbons (Fsp3) is 0.286. The van der Waals surface area contributed by atoms with E-state index >= 15 is 0 Å². The number of hydrogen-bond donors (Lipinski definition) is 1. The van der Waals surface area contributed by atoms with Gasteiger partial charge in [-0.05, 0) is 18.9 Å². The lowest BCUT2D eigenvalue weighted by molar-refractivity contribution is 0.478. The lowest BCUT2D eigenvalue weighted by atomic mass is 10.3. The largest absolute Gasteiger partial charge is 0.456 e. The Bertz CT molecular complexity index is 572. The summed E-state index contributed by atoms with van der Waals surface area (Å²) in [5.41, 5.74) is 0.972. The van der Waals surface area contributed by atoms with Gasteiger partial charge in [0.25, 0.3) is 0 Å². The van der Waals surface area contributed by atoms with Crippen molar-refractivity contribution in [1.29, 1.82) is 0 Å². The molecule has 2 aromatic rings. The van der Waals surface area contributed by atoms with Crippen molar-refractivity contribution in [2.24, 2.45) is 0 Å². The summed E-state index contributed by atoms with van der Waals surface area (Å²) >= 11 is 5.87. The maximum Gasteiger partial charge on any atom is 0.147 e. The second-order valence-corrected chi connectivity index (χ2v) is 5.02. The molecule has 2 heterocycles. The summed E-state index contributed by atoms with van der Waals surface area (Å²) in [5.74, 6) is 1.37. The fourth-order valence-electron chi connectivity index (χ4n) is 1.74. The van der Waals surface area contributed by atoms with E-state index in [4.69, 9.17) is 16.3 Å². The molecule has 0 atom stereocenters. The average molecular weight is 276 g/mol. The summed E-state index contributed by atoms with van der Waals surface area (Å²) in [7, 11) is 0. The molecular formula is C14H14ClN3O. The van der Waals surface area contributed by atoms with Crippen LogP contribution in [0, 0.1) is 0 Å². The zero-order valence-corrected chi connectivity index (χ0v) is 11.1. The number of ether oxygens (including phenoxy) is 1. The summed E-state index contributed by atoms with van der Waals surface area (Å²) in [6, 6.07) is 6.15. The molecule has 0 aliphatic heterocycles. The van der Waals surface area contributed by atoms with E-state index in [0.29, 0.717) is 16.8 Å². The van der Waals surface area contributed by atoms with Gasteiger partial charge in [-0.15, -0.1) is 0 Å². The number of nitrogens with zero attached hydrogens (tertiary/aromatic N) is 2. The van der Waals surface area contributed by atoms with Crippen LogP contribution in [0.5, 0.6) is 11.5 Å². The van der Waals surface area contributed by atoms with E-state index in [2.05, 4.69) is 15.3 Å². The van der Waals surface area contributed by atoms with Crippen molar-refractivity contribution in [2.45, 2.75) is 25.4 Å². The topological polar surface area (TPSA) is 47.0 Å². The maximum absolute atomic E-state index is 5.87. The van der Waals surface area contributed by atoms with Crippen molar-refractivity contribution >= 4 is 11.6 Å². The highest BCUT2D eigenvalue weighted by atomic mass is 35.5. The first-order chi connectivity index (χ1) is 9.29. The smallest absolute Gasteiger partial charge is 0.147 e. The Hall–Kier alpha value is -1.65. The molecule has 1 saturated carbocycles. The van der Waals surface area contributed by atoms with Crippen LogP contribution in [0.25, 0.3) is 0 Å². The van der Waals surface area contributed by atoms with Crippen LogP contribution in [0.3, 0.4) is 0 Å². The molecule has 0 bridgehead atoms. The van der Waals surface area contributed by atoms with Crippen LogP contribution in [-0.4, -0.2) is 16.0 Å². The van der Waals surface area contributed by atoms with E-state index in [1.165, 1.54) is 12.8 Å². The highest BCUT2D eigenvalue weighted by Gasteiger charge is 2.20. The van der Waals surface area contributed by atoms with Gasteiger partial charge in [-0.3, -0.25) is 9.97 Å². The molecule has 1 fully saturated rings. The number of halogens is 1. The maximum atomic E-state index is 5.87. The summed E-state index contributed by atoms with van der Waals surface area (Å²) in [5, 5.41) is 3.98. The molecule has 1 aliphatic rings. The van der Waals surface area contributed by atoms with E-state index in [1.54, 1.807) is 24.7 Å². The molecular weight excluding hydrogens is 262 g/mol. The van der Waals surface area contributed by atoms with E-state index in [0.717, 1.165) is 18.0 Å². The van der Waals surface area contributed by atoms with Crippen LogP contribution in [-0.2, 0) is 6.54 Å². The van der Waals surface area contributed by atoms with Crippen LogP contribution < -0.4 is 10.1 Å². The molecule has 1 aliphatic carbocycles. The van der Waals surface area contributed by atoms with Crippen molar-refractivity contribution in [3.8, 4) is 11.5 Å². The first-order valence-electron chi connectivity index (χ1n) is 6.26. The van der Waals surface area contributed by atoms with Crippen LogP contribution in [0.2, 0.25) is 5.02 Å². The van der Waals surface area contributed by atoms with Crippen molar-refractivity contribution in [1.82, 2.24) is 15.3 Å². The molecule has 0 amide bonds. The first kappa shape index (κ1) is 12.4. The second kappa shape index (κ2) is 5.55. The van der Waals surface area contributed by atoms with Crippen LogP contribution in [0.1, 0.15) is 18.5 Å². The summed E-state index contributed by atoms with van der Waals surface area (Å²) < 4.78 is 5.71. The Morgan fingerprint density at radius 1 is 1.26 bits per heavy atom. The van der Waals surface area contributed by atoms with Gasteiger partial charge in [0.15, 0.2) is 0 Å². The average Bonchev–Trinajstić information content (AvgIpc) is 3.21. The zero-order valence-electron chi connectivity index (χ0n) is 10.3. The van der Waals surface area contributed by atoms with Gasteiger partial charge >= 0.3 is 0 Å². The van der Waals surface area contributed by atoms with Crippen LogP contribution >= 0.6 is 11.6 Å². The minimum absolute atomic E-state index is 0.558. The van der Waals surface area contributed by atoms with Gasteiger partial charge in [-0.1, -0.05) is 11.6 Å². The van der Waals surface area contributed by atoms with Gasteiger partial charge < -0.3 is 10.1 Å². The molecule has 0 saturated heterocycles. The molecule has 2 aromatic heterocycles. The standard InChI is InChI=1S/C14H14ClN3O/c15-10-5-14(9-16-7-10)19-13-3-4-17-12(6-13)8-18-11-1-2-11/h3-7,9,11,18H,1-2,8H2. The minimum Gasteiger partial charge on any atom is -0.456 e. The van der Waals surface area contributed by atoms with E-state index in [1.807, 2.05) is 12.1 Å². The zero-order chi connectivity index (χ0) is 13.1. The van der Waals surface area contributed by atoms with E-state index in [-0.39, 0.29) is 0 Å². The molecule has 0 aromatic carbocycles. The predicted octanol–water partition coefficient (Wildman–Crippen LogP) is 3.17. The third kappa shape index (κ3) is 3.66. The molecule has 3 rings (SSSR count). The Morgan fingerprint density at radius 3 is 2.95 bits per heavy atom. The van der Waals surface area contributed by atoms with Gasteiger partial charge in [0, 0.05) is 37.1 Å². The minimum atomic E-state index is 0.558. The Labute approximate surface area is 116 Å². The van der Waals surface area contributed by atoms with Crippen molar-refractivity contribution < 1.29 is 4.74 Å². The predicted molar refractivity (Wildman–Crippen MR) is 73.4 cm³/mol.